The third-order valence-electron chi connectivity index (χ3n) is 2.79. The Labute approximate surface area is 120 Å². The molecule has 20 heavy (non-hydrogen) atoms. The van der Waals surface area contributed by atoms with Gasteiger partial charge in [0.25, 0.3) is 5.91 Å². The van der Waals surface area contributed by atoms with Crippen molar-refractivity contribution in [2.75, 3.05) is 13.7 Å². The SMILES string of the molecule is CNC(=O)c1nc(C(C)=O)cn1COCC[Si](C)(C)C. The summed E-state index contributed by atoms with van der Waals surface area (Å²) in [5.41, 5.74) is 0.275. The van der Waals surface area contributed by atoms with Crippen LogP contribution in [0.4, 0.5) is 0 Å². The number of ether oxygens (including phenoxy) is 1. The Hall–Kier alpha value is -1.47. The molecule has 0 spiro atoms. The standard InChI is InChI=1S/C13H23N3O3Si/c1-10(17)11-8-16(12(15-11)13(18)14-2)9-19-6-7-20(3,4)5/h8H,6-7,9H2,1-5H3,(H,14,18). The Morgan fingerprint density at radius 1 is 1.40 bits per heavy atom. The van der Waals surface area contributed by atoms with E-state index in [0.29, 0.717) is 6.61 Å². The van der Waals surface area contributed by atoms with E-state index >= 15 is 0 Å². The van der Waals surface area contributed by atoms with Crippen molar-refractivity contribution >= 4 is 19.8 Å². The summed E-state index contributed by atoms with van der Waals surface area (Å²) in [6.07, 6.45) is 1.56. The number of ketones is 1. The van der Waals surface area contributed by atoms with Gasteiger partial charge in [0.15, 0.2) is 5.78 Å². The number of nitrogens with one attached hydrogen (secondary N) is 1. The highest BCUT2D eigenvalue weighted by Gasteiger charge is 2.17. The van der Waals surface area contributed by atoms with Gasteiger partial charge in [-0.3, -0.25) is 9.59 Å². The fourth-order valence-electron chi connectivity index (χ4n) is 1.52. The van der Waals surface area contributed by atoms with E-state index in [1.165, 1.54) is 14.0 Å². The molecule has 0 saturated carbocycles. The number of rotatable bonds is 7. The minimum Gasteiger partial charge on any atom is -0.361 e. The largest absolute Gasteiger partial charge is 0.361 e. The number of hydrogen-bond donors (Lipinski definition) is 1. The summed E-state index contributed by atoms with van der Waals surface area (Å²) in [5.74, 6) is -0.298. The van der Waals surface area contributed by atoms with Crippen molar-refractivity contribution < 1.29 is 14.3 Å². The Balaban J connectivity index is 2.72. The van der Waals surface area contributed by atoms with Gasteiger partial charge in [-0.15, -0.1) is 0 Å². The fraction of sp³-hybridized carbons (Fsp3) is 0.615. The zero-order valence-corrected chi connectivity index (χ0v) is 13.8. The normalized spacial score (nSPS) is 11.4. The second kappa shape index (κ2) is 6.80. The third-order valence-corrected chi connectivity index (χ3v) is 4.50. The quantitative estimate of drug-likeness (QED) is 0.473. The molecule has 1 heterocycles. The number of hydrogen-bond acceptors (Lipinski definition) is 4. The third kappa shape index (κ3) is 4.90. The van der Waals surface area contributed by atoms with Crippen LogP contribution in [0.25, 0.3) is 0 Å². The maximum Gasteiger partial charge on any atom is 0.287 e. The molecule has 1 amide bonds. The first kappa shape index (κ1) is 16.6. The molecule has 1 aromatic heterocycles. The highest BCUT2D eigenvalue weighted by molar-refractivity contribution is 6.76. The predicted octanol–water partition coefficient (Wildman–Crippen LogP) is 1.76. The van der Waals surface area contributed by atoms with Crippen molar-refractivity contribution in [3.63, 3.8) is 0 Å². The summed E-state index contributed by atoms with van der Waals surface area (Å²) in [6.45, 7) is 9.13. The molecule has 0 aliphatic carbocycles. The van der Waals surface area contributed by atoms with Gasteiger partial charge < -0.3 is 14.6 Å². The van der Waals surface area contributed by atoms with Gasteiger partial charge in [-0.25, -0.2) is 4.98 Å². The summed E-state index contributed by atoms with van der Waals surface area (Å²) in [6, 6.07) is 1.05. The molecule has 7 heteroatoms. The van der Waals surface area contributed by atoms with Gasteiger partial charge in [-0.05, 0) is 6.04 Å². The van der Waals surface area contributed by atoms with E-state index < -0.39 is 8.07 Å². The first-order valence-corrected chi connectivity index (χ1v) is 10.3. The molecule has 0 saturated heterocycles. The lowest BCUT2D eigenvalue weighted by Gasteiger charge is -2.15. The molecule has 1 aromatic rings. The summed E-state index contributed by atoms with van der Waals surface area (Å²) in [7, 11) is 0.395. The van der Waals surface area contributed by atoms with Crippen LogP contribution in [-0.2, 0) is 11.5 Å². The van der Waals surface area contributed by atoms with Gasteiger partial charge in [0.1, 0.15) is 12.4 Å². The van der Waals surface area contributed by atoms with E-state index in [0.717, 1.165) is 6.04 Å². The van der Waals surface area contributed by atoms with Gasteiger partial charge in [-0.2, -0.15) is 0 Å². The smallest absolute Gasteiger partial charge is 0.287 e. The fourth-order valence-corrected chi connectivity index (χ4v) is 2.27. The predicted molar refractivity (Wildman–Crippen MR) is 79.7 cm³/mol. The monoisotopic (exact) mass is 297 g/mol. The molecule has 0 aromatic carbocycles. The zero-order chi connectivity index (χ0) is 15.3. The molecule has 0 aliphatic heterocycles. The molecular formula is C13H23N3O3Si. The lowest BCUT2D eigenvalue weighted by molar-refractivity contribution is 0.0787. The van der Waals surface area contributed by atoms with Crippen LogP contribution in [-0.4, -0.2) is 43.0 Å². The topological polar surface area (TPSA) is 73.2 Å². The summed E-state index contributed by atoms with van der Waals surface area (Å²) in [5, 5.41) is 2.51. The van der Waals surface area contributed by atoms with Crippen molar-refractivity contribution in [2.24, 2.45) is 0 Å². The van der Waals surface area contributed by atoms with Crippen LogP contribution < -0.4 is 5.32 Å². The van der Waals surface area contributed by atoms with Crippen LogP contribution in [0.2, 0.25) is 25.7 Å². The maximum absolute atomic E-state index is 11.7. The molecule has 0 bridgehead atoms. The van der Waals surface area contributed by atoms with Crippen molar-refractivity contribution in [1.82, 2.24) is 14.9 Å². The van der Waals surface area contributed by atoms with Crippen molar-refractivity contribution in [3.05, 3.63) is 17.7 Å². The molecule has 6 nitrogen and oxygen atoms in total. The van der Waals surface area contributed by atoms with Crippen LogP contribution in [0, 0.1) is 0 Å². The van der Waals surface area contributed by atoms with Crippen LogP contribution in [0.15, 0.2) is 6.20 Å². The van der Waals surface area contributed by atoms with E-state index in [-0.39, 0.29) is 29.9 Å². The summed E-state index contributed by atoms with van der Waals surface area (Å²) >= 11 is 0. The average molecular weight is 297 g/mol. The Morgan fingerprint density at radius 2 is 2.05 bits per heavy atom. The van der Waals surface area contributed by atoms with Crippen molar-refractivity contribution in [1.29, 1.82) is 0 Å². The highest BCUT2D eigenvalue weighted by atomic mass is 28.3. The van der Waals surface area contributed by atoms with E-state index in [4.69, 9.17) is 4.74 Å². The van der Waals surface area contributed by atoms with Crippen molar-refractivity contribution in [3.8, 4) is 0 Å². The molecule has 0 radical (unpaired) electrons. The molecule has 0 fully saturated rings. The molecule has 1 N–H and O–H groups in total. The lowest BCUT2D eigenvalue weighted by Crippen LogP contribution is -2.24. The van der Waals surface area contributed by atoms with E-state index in [1.54, 1.807) is 10.8 Å². The first-order valence-electron chi connectivity index (χ1n) is 6.62. The first-order chi connectivity index (χ1) is 9.24. The number of carbonyl (C=O) groups excluding carboxylic acids is 2. The Morgan fingerprint density at radius 3 is 2.55 bits per heavy atom. The summed E-state index contributed by atoms with van der Waals surface area (Å²) in [4.78, 5) is 27.1. The Bertz CT molecular complexity index is 492. The van der Waals surface area contributed by atoms with Gasteiger partial charge >= 0.3 is 0 Å². The summed E-state index contributed by atoms with van der Waals surface area (Å²) < 4.78 is 7.16. The van der Waals surface area contributed by atoms with Gasteiger partial charge in [0.2, 0.25) is 5.82 Å². The molecule has 1 rings (SSSR count). The zero-order valence-electron chi connectivity index (χ0n) is 12.8. The number of nitrogens with zero attached hydrogens (tertiary/aromatic N) is 2. The van der Waals surface area contributed by atoms with E-state index in [2.05, 4.69) is 29.9 Å². The number of imidazole rings is 1. The number of Topliss-reactive ketones (excluding diaryl/α,β-unsaturated/α-hetero) is 1. The minimum atomic E-state index is -1.13. The lowest BCUT2D eigenvalue weighted by atomic mass is 10.3. The minimum absolute atomic E-state index is 0.170. The Kier molecular flexibility index (Phi) is 5.64. The number of carbonyl (C=O) groups is 2. The van der Waals surface area contributed by atoms with E-state index in [1.807, 2.05) is 0 Å². The maximum atomic E-state index is 11.7. The van der Waals surface area contributed by atoms with Crippen LogP contribution in [0.1, 0.15) is 28.0 Å². The van der Waals surface area contributed by atoms with Crippen LogP contribution >= 0.6 is 0 Å². The molecule has 0 aliphatic rings. The molecule has 0 atom stereocenters. The highest BCUT2D eigenvalue weighted by Crippen LogP contribution is 2.09. The van der Waals surface area contributed by atoms with Crippen LogP contribution in [0.5, 0.6) is 0 Å². The molecule has 112 valence electrons. The second-order valence-corrected chi connectivity index (χ2v) is 11.5. The average Bonchev–Trinajstić information content (AvgIpc) is 2.77. The van der Waals surface area contributed by atoms with Gasteiger partial charge in [0, 0.05) is 34.8 Å². The van der Waals surface area contributed by atoms with Gasteiger partial charge in [-0.1, -0.05) is 19.6 Å². The number of aromatic nitrogens is 2. The second-order valence-electron chi connectivity index (χ2n) is 5.90. The van der Waals surface area contributed by atoms with Crippen LogP contribution in [0.3, 0.4) is 0 Å². The van der Waals surface area contributed by atoms with Gasteiger partial charge in [0.05, 0.1) is 0 Å². The molecular weight excluding hydrogens is 274 g/mol. The molecule has 0 unspecified atom stereocenters. The number of amides is 1. The van der Waals surface area contributed by atoms with E-state index in [9.17, 15) is 9.59 Å². The van der Waals surface area contributed by atoms with Crippen molar-refractivity contribution in [2.45, 2.75) is 39.3 Å².